The summed E-state index contributed by atoms with van der Waals surface area (Å²) in [6.45, 7) is 1.21. The third-order valence-electron chi connectivity index (χ3n) is 7.22. The van der Waals surface area contributed by atoms with E-state index in [4.69, 9.17) is 5.26 Å². The van der Waals surface area contributed by atoms with E-state index >= 15 is 26.3 Å². The van der Waals surface area contributed by atoms with Crippen LogP contribution in [0.25, 0.3) is 16.7 Å². The van der Waals surface area contributed by atoms with Crippen LogP contribution in [0.2, 0.25) is 0 Å². The Morgan fingerprint density at radius 2 is 0.735 bits per heavy atom. The number of benzene rings is 3. The number of hydrogen-bond acceptors (Lipinski definition) is 4. The van der Waals surface area contributed by atoms with Gasteiger partial charge >= 0.3 is 6.18 Å². The van der Waals surface area contributed by atoms with Gasteiger partial charge in [-0.2, -0.15) is 34.2 Å². The molecule has 0 N–H and O–H groups in total. The first-order valence-corrected chi connectivity index (χ1v) is 12.5. The van der Waals surface area contributed by atoms with Crippen molar-refractivity contribution in [1.82, 2.24) is 0 Å². The van der Waals surface area contributed by atoms with Gasteiger partial charge in [-0.15, -0.1) is 0 Å². The van der Waals surface area contributed by atoms with E-state index in [1.54, 1.807) is 0 Å². The Balaban J connectivity index is 2.37. The van der Waals surface area contributed by atoms with Gasteiger partial charge in [-0.25, -0.2) is 48.3 Å². The monoisotopic (exact) mass is 700 g/mol. The van der Waals surface area contributed by atoms with E-state index in [1.807, 2.05) is 0 Å². The van der Waals surface area contributed by atoms with E-state index in [1.165, 1.54) is 0 Å². The van der Waals surface area contributed by atoms with Gasteiger partial charge in [0.2, 0.25) is 0 Å². The Bertz CT molecular complexity index is 2250. The average Bonchev–Trinajstić information content (AvgIpc) is 3.76. The van der Waals surface area contributed by atoms with Gasteiger partial charge < -0.3 is 0 Å². The minimum absolute atomic E-state index is 0.530. The SMILES string of the molecule is Cc1c(F)c(F)c(C(C#N)=C2C(=C(C#N)c3c(F)c(C)c(C#N)c(F)c3F)C2=C(C#N)c2c(F)c(F)c(C(F)(F)F)c(F)c2F)c(F)c1F. The molecule has 0 heterocycles. The fraction of sp³-hybridized carbons (Fsp3) is 0.0968. The van der Waals surface area contributed by atoms with Gasteiger partial charge in [-0.1, -0.05) is 0 Å². The molecule has 0 saturated heterocycles. The maximum atomic E-state index is 15.4. The van der Waals surface area contributed by atoms with Crippen molar-refractivity contribution >= 4 is 16.7 Å². The lowest BCUT2D eigenvalue weighted by Crippen LogP contribution is -2.17. The second-order valence-corrected chi connectivity index (χ2v) is 9.77. The molecule has 0 spiro atoms. The third kappa shape index (κ3) is 5.13. The smallest absolute Gasteiger partial charge is 0.206 e. The van der Waals surface area contributed by atoms with Gasteiger partial charge in [0, 0.05) is 27.8 Å². The molecule has 0 bridgehead atoms. The zero-order valence-corrected chi connectivity index (χ0v) is 23.6. The molecular formula is C31H6F14N4. The molecule has 1 aliphatic rings. The van der Waals surface area contributed by atoms with Crippen molar-refractivity contribution in [2.45, 2.75) is 20.0 Å². The molecule has 0 aromatic heterocycles. The Kier molecular flexibility index (Phi) is 8.85. The van der Waals surface area contributed by atoms with Crippen LogP contribution in [0.1, 0.15) is 38.9 Å². The van der Waals surface area contributed by atoms with Crippen molar-refractivity contribution in [3.63, 3.8) is 0 Å². The number of nitrogens with zero attached hydrogens (tertiary/aromatic N) is 4. The molecule has 248 valence electrons. The van der Waals surface area contributed by atoms with Crippen molar-refractivity contribution in [3.05, 3.63) is 120 Å². The normalized spacial score (nSPS) is 15.6. The Labute approximate surface area is 263 Å². The molecule has 4 nitrogen and oxygen atoms in total. The summed E-state index contributed by atoms with van der Waals surface area (Å²) in [4.78, 5) is 0. The standard InChI is InChI=1S/C31H6F14N4/c1-7-9(3-46)23(35)26(38)16(20(7)32)10(4-47)13-14(11(5-48)17-24(36)21(33)8(2)22(34)25(17)37)15(13)12(6-49)18-27(39)29(41)19(31(43,44)45)30(42)28(18)40/h1-2H3. The molecule has 1 saturated carbocycles. The third-order valence-corrected chi connectivity index (χ3v) is 7.22. The summed E-state index contributed by atoms with van der Waals surface area (Å²) in [6, 6.07) is 4.05. The fourth-order valence-electron chi connectivity index (χ4n) is 4.84. The minimum atomic E-state index is -6.09. The maximum Gasteiger partial charge on any atom is 0.422 e. The van der Waals surface area contributed by atoms with E-state index in [0.29, 0.717) is 13.8 Å². The predicted molar refractivity (Wildman–Crippen MR) is 136 cm³/mol. The molecule has 3 aromatic carbocycles. The maximum absolute atomic E-state index is 15.4. The van der Waals surface area contributed by atoms with Crippen LogP contribution in [0.5, 0.6) is 0 Å². The molecule has 0 amide bonds. The van der Waals surface area contributed by atoms with Gasteiger partial charge in [0.25, 0.3) is 0 Å². The number of alkyl halides is 3. The largest absolute Gasteiger partial charge is 0.422 e. The Hall–Kier alpha value is -6.14. The highest BCUT2D eigenvalue weighted by Gasteiger charge is 2.48. The second kappa shape index (κ2) is 12.1. The molecule has 18 heteroatoms. The van der Waals surface area contributed by atoms with Gasteiger partial charge in [-0.05, 0) is 13.8 Å². The summed E-state index contributed by atoms with van der Waals surface area (Å²) in [6.07, 6.45) is -6.09. The van der Waals surface area contributed by atoms with E-state index in [2.05, 4.69) is 0 Å². The summed E-state index contributed by atoms with van der Waals surface area (Å²) < 4.78 is 203. The molecule has 0 atom stereocenters. The zero-order valence-electron chi connectivity index (χ0n) is 23.6. The van der Waals surface area contributed by atoms with Gasteiger partial charge in [-0.3, -0.25) is 0 Å². The highest BCUT2D eigenvalue weighted by atomic mass is 19.4. The van der Waals surface area contributed by atoms with Crippen molar-refractivity contribution in [1.29, 1.82) is 21.0 Å². The molecule has 3 aromatic rings. The van der Waals surface area contributed by atoms with Crippen molar-refractivity contribution in [3.8, 4) is 24.3 Å². The summed E-state index contributed by atoms with van der Waals surface area (Å²) in [5.74, 6) is -27.6. The predicted octanol–water partition coefficient (Wildman–Crippen LogP) is 8.97. The van der Waals surface area contributed by atoms with E-state index in [-0.39, 0.29) is 0 Å². The lowest BCUT2D eigenvalue weighted by molar-refractivity contribution is -0.143. The van der Waals surface area contributed by atoms with Crippen LogP contribution in [0.4, 0.5) is 61.5 Å². The number of allylic oxidation sites excluding steroid dienone is 6. The summed E-state index contributed by atoms with van der Waals surface area (Å²) in [5, 5.41) is 38.6. The lowest BCUT2D eigenvalue weighted by Gasteiger charge is -2.13. The van der Waals surface area contributed by atoms with Crippen LogP contribution in [0.3, 0.4) is 0 Å². The first kappa shape index (κ1) is 35.7. The number of halogens is 14. The molecule has 1 fully saturated rings. The number of nitriles is 4. The molecule has 0 unspecified atom stereocenters. The van der Waals surface area contributed by atoms with Crippen LogP contribution in [-0.4, -0.2) is 0 Å². The first-order valence-electron chi connectivity index (χ1n) is 12.5. The van der Waals surface area contributed by atoms with Crippen molar-refractivity contribution in [2.24, 2.45) is 0 Å². The second-order valence-electron chi connectivity index (χ2n) is 9.77. The molecule has 0 aliphatic heterocycles. The van der Waals surface area contributed by atoms with Crippen LogP contribution in [0.15, 0.2) is 16.7 Å². The van der Waals surface area contributed by atoms with E-state index < -0.39 is 143 Å². The summed E-state index contributed by atoms with van der Waals surface area (Å²) >= 11 is 0. The number of hydrogen-bond donors (Lipinski definition) is 0. The molecule has 49 heavy (non-hydrogen) atoms. The van der Waals surface area contributed by atoms with Gasteiger partial charge in [0.05, 0.1) is 39.0 Å². The van der Waals surface area contributed by atoms with Crippen LogP contribution in [0, 0.1) is 123 Å². The Morgan fingerprint density at radius 1 is 0.429 bits per heavy atom. The quantitative estimate of drug-likeness (QED) is 0.155. The van der Waals surface area contributed by atoms with E-state index in [0.717, 1.165) is 24.3 Å². The van der Waals surface area contributed by atoms with Gasteiger partial charge in [0.1, 0.15) is 35.7 Å². The summed E-state index contributed by atoms with van der Waals surface area (Å²) in [7, 11) is 0. The highest BCUT2D eigenvalue weighted by Crippen LogP contribution is 2.57. The van der Waals surface area contributed by atoms with Crippen LogP contribution in [-0.2, 0) is 6.18 Å². The lowest BCUT2D eigenvalue weighted by atomic mass is 9.96. The molecular weight excluding hydrogens is 694 g/mol. The van der Waals surface area contributed by atoms with Crippen LogP contribution < -0.4 is 0 Å². The first-order chi connectivity index (χ1) is 22.8. The average molecular weight is 700 g/mol. The molecule has 1 aliphatic carbocycles. The zero-order chi connectivity index (χ0) is 37.2. The van der Waals surface area contributed by atoms with Gasteiger partial charge in [0.15, 0.2) is 58.2 Å². The summed E-state index contributed by atoms with van der Waals surface area (Å²) in [5.41, 5.74) is -22.1. The minimum Gasteiger partial charge on any atom is -0.206 e. The molecule has 0 radical (unpaired) electrons. The Morgan fingerprint density at radius 3 is 1.04 bits per heavy atom. The number of rotatable bonds is 3. The highest BCUT2D eigenvalue weighted by molar-refractivity contribution is 6.12. The van der Waals surface area contributed by atoms with Crippen molar-refractivity contribution < 1.29 is 61.5 Å². The van der Waals surface area contributed by atoms with E-state index in [9.17, 15) is 50.9 Å². The van der Waals surface area contributed by atoms with Crippen LogP contribution >= 0.6 is 0 Å². The molecule has 4 rings (SSSR count). The topological polar surface area (TPSA) is 95.2 Å². The van der Waals surface area contributed by atoms with Crippen molar-refractivity contribution in [2.75, 3.05) is 0 Å². The fourth-order valence-corrected chi connectivity index (χ4v) is 4.84.